The molecular weight excluding hydrogens is 340 g/mol. The Labute approximate surface area is 140 Å². The lowest BCUT2D eigenvalue weighted by Crippen LogP contribution is -2.11. The summed E-state index contributed by atoms with van der Waals surface area (Å²) in [6.07, 6.45) is 1.47. The van der Waals surface area contributed by atoms with E-state index >= 15 is 0 Å². The Balaban J connectivity index is 2.12. The molecule has 0 saturated heterocycles. The Hall–Kier alpha value is -1.63. The van der Waals surface area contributed by atoms with Gasteiger partial charge >= 0.3 is 5.97 Å². The average molecular weight is 351 g/mol. The minimum atomic E-state index is -0.861. The van der Waals surface area contributed by atoms with Gasteiger partial charge in [0.05, 0.1) is 5.39 Å². The van der Waals surface area contributed by atoms with Crippen LogP contribution >= 0.6 is 34.7 Å². The standard InChI is InChI=1S/C15H11ClN2O2S2/c1-8(15(19)20)22-14-12-11(6-21-13(12)17-7-18-14)9-2-4-10(16)5-3-9/h2-8H,1H3,(H,19,20). The van der Waals surface area contributed by atoms with Gasteiger partial charge < -0.3 is 5.11 Å². The molecule has 0 fully saturated rings. The number of rotatable bonds is 4. The highest BCUT2D eigenvalue weighted by Crippen LogP contribution is 2.39. The van der Waals surface area contributed by atoms with Crippen LogP contribution in [0.2, 0.25) is 5.02 Å². The second-order valence-corrected chi connectivity index (χ2v) is 7.24. The third-order valence-corrected chi connectivity index (χ3v) is 5.35. The molecule has 1 N–H and O–H groups in total. The Morgan fingerprint density at radius 1 is 1.32 bits per heavy atom. The average Bonchev–Trinajstić information content (AvgIpc) is 2.93. The molecule has 0 bridgehead atoms. The lowest BCUT2D eigenvalue weighted by Gasteiger charge is -2.08. The normalized spacial score (nSPS) is 12.5. The number of thiophene rings is 1. The third-order valence-electron chi connectivity index (χ3n) is 3.13. The quantitative estimate of drug-likeness (QED) is 0.551. The number of carboxylic acid groups (broad SMARTS) is 1. The SMILES string of the molecule is CC(Sc1ncnc2scc(-c3ccc(Cl)cc3)c12)C(=O)O. The molecule has 2 heterocycles. The van der Waals surface area contributed by atoms with Gasteiger partial charge in [-0.15, -0.1) is 11.3 Å². The molecule has 0 amide bonds. The van der Waals surface area contributed by atoms with Crippen molar-refractivity contribution in [2.75, 3.05) is 0 Å². The molecule has 22 heavy (non-hydrogen) atoms. The van der Waals surface area contributed by atoms with Gasteiger partial charge in [0.1, 0.15) is 21.4 Å². The van der Waals surface area contributed by atoms with E-state index in [4.69, 9.17) is 16.7 Å². The van der Waals surface area contributed by atoms with Crippen LogP contribution in [0.1, 0.15) is 6.92 Å². The Morgan fingerprint density at radius 3 is 2.73 bits per heavy atom. The van der Waals surface area contributed by atoms with Crippen LogP contribution in [0, 0.1) is 0 Å². The van der Waals surface area contributed by atoms with Crippen molar-refractivity contribution >= 4 is 50.9 Å². The van der Waals surface area contributed by atoms with E-state index in [9.17, 15) is 4.79 Å². The first-order valence-electron chi connectivity index (χ1n) is 6.44. The van der Waals surface area contributed by atoms with E-state index in [0.717, 1.165) is 21.3 Å². The predicted molar refractivity (Wildman–Crippen MR) is 90.8 cm³/mol. The zero-order chi connectivity index (χ0) is 15.7. The van der Waals surface area contributed by atoms with Crippen LogP contribution < -0.4 is 0 Å². The fourth-order valence-corrected chi connectivity index (χ4v) is 3.97. The number of hydrogen-bond acceptors (Lipinski definition) is 5. The summed E-state index contributed by atoms with van der Waals surface area (Å²) in [5.74, 6) is -0.861. The molecule has 2 aromatic heterocycles. The lowest BCUT2D eigenvalue weighted by atomic mass is 10.1. The largest absolute Gasteiger partial charge is 0.480 e. The predicted octanol–water partition coefficient (Wildman–Crippen LogP) is 4.58. The molecular formula is C15H11ClN2O2S2. The summed E-state index contributed by atoms with van der Waals surface area (Å²) < 4.78 is 0. The van der Waals surface area contributed by atoms with Crippen molar-refractivity contribution in [2.24, 2.45) is 0 Å². The monoisotopic (exact) mass is 350 g/mol. The first-order chi connectivity index (χ1) is 10.6. The van der Waals surface area contributed by atoms with E-state index in [2.05, 4.69) is 9.97 Å². The van der Waals surface area contributed by atoms with Crippen LogP contribution in [-0.4, -0.2) is 26.3 Å². The van der Waals surface area contributed by atoms with Gasteiger partial charge in [0, 0.05) is 16.0 Å². The van der Waals surface area contributed by atoms with E-state index in [1.54, 1.807) is 6.92 Å². The summed E-state index contributed by atoms with van der Waals surface area (Å²) in [6.45, 7) is 1.65. The summed E-state index contributed by atoms with van der Waals surface area (Å²) in [5, 5.41) is 12.8. The van der Waals surface area contributed by atoms with Gasteiger partial charge in [-0.1, -0.05) is 35.5 Å². The van der Waals surface area contributed by atoms with E-state index in [1.807, 2.05) is 29.6 Å². The van der Waals surface area contributed by atoms with Crippen molar-refractivity contribution in [3.05, 3.63) is 41.0 Å². The summed E-state index contributed by atoms with van der Waals surface area (Å²) in [4.78, 5) is 20.5. The Bertz CT molecular complexity index is 833. The van der Waals surface area contributed by atoms with Crippen LogP contribution in [-0.2, 0) is 4.79 Å². The maximum atomic E-state index is 11.1. The molecule has 3 aromatic rings. The zero-order valence-corrected chi connectivity index (χ0v) is 13.9. The van der Waals surface area contributed by atoms with Gasteiger partial charge in [-0.05, 0) is 24.6 Å². The fourth-order valence-electron chi connectivity index (χ4n) is 2.00. The van der Waals surface area contributed by atoms with E-state index in [-0.39, 0.29) is 0 Å². The number of carbonyl (C=O) groups is 1. The van der Waals surface area contributed by atoms with Crippen LogP contribution in [0.25, 0.3) is 21.3 Å². The fraction of sp³-hybridized carbons (Fsp3) is 0.133. The molecule has 0 aliphatic rings. The van der Waals surface area contributed by atoms with Gasteiger partial charge in [-0.2, -0.15) is 0 Å². The number of thioether (sulfide) groups is 1. The molecule has 1 unspecified atom stereocenters. The molecule has 1 atom stereocenters. The van der Waals surface area contributed by atoms with Crippen molar-refractivity contribution < 1.29 is 9.90 Å². The van der Waals surface area contributed by atoms with E-state index in [0.29, 0.717) is 10.0 Å². The Morgan fingerprint density at radius 2 is 2.05 bits per heavy atom. The van der Waals surface area contributed by atoms with Gasteiger partial charge in [0.25, 0.3) is 0 Å². The number of carboxylic acids is 1. The Kier molecular flexibility index (Phi) is 4.33. The van der Waals surface area contributed by atoms with Crippen LogP contribution in [0.5, 0.6) is 0 Å². The highest BCUT2D eigenvalue weighted by atomic mass is 35.5. The number of aromatic nitrogens is 2. The van der Waals surface area contributed by atoms with Crippen molar-refractivity contribution in [3.8, 4) is 11.1 Å². The summed E-state index contributed by atoms with van der Waals surface area (Å²) >= 11 is 8.68. The second-order valence-electron chi connectivity index (χ2n) is 4.61. The van der Waals surface area contributed by atoms with Crippen molar-refractivity contribution in [1.82, 2.24) is 9.97 Å². The van der Waals surface area contributed by atoms with Crippen molar-refractivity contribution in [1.29, 1.82) is 0 Å². The van der Waals surface area contributed by atoms with Gasteiger partial charge in [-0.25, -0.2) is 9.97 Å². The molecule has 1 aromatic carbocycles. The van der Waals surface area contributed by atoms with Crippen molar-refractivity contribution in [3.63, 3.8) is 0 Å². The van der Waals surface area contributed by atoms with Crippen LogP contribution in [0.3, 0.4) is 0 Å². The van der Waals surface area contributed by atoms with Gasteiger partial charge in [-0.3, -0.25) is 4.79 Å². The van der Waals surface area contributed by atoms with Gasteiger partial charge in [0.15, 0.2) is 0 Å². The highest BCUT2D eigenvalue weighted by Gasteiger charge is 2.19. The summed E-state index contributed by atoms with van der Waals surface area (Å²) in [5.41, 5.74) is 2.01. The second kappa shape index (κ2) is 6.24. The number of benzene rings is 1. The number of fused-ring (bicyclic) bond motifs is 1. The maximum absolute atomic E-state index is 11.1. The number of aliphatic carboxylic acids is 1. The first-order valence-corrected chi connectivity index (χ1v) is 8.57. The molecule has 3 rings (SSSR count). The molecule has 0 spiro atoms. The van der Waals surface area contributed by atoms with Gasteiger partial charge in [0.2, 0.25) is 0 Å². The molecule has 4 nitrogen and oxygen atoms in total. The summed E-state index contributed by atoms with van der Waals surface area (Å²) in [6, 6.07) is 7.53. The molecule has 7 heteroatoms. The van der Waals surface area contributed by atoms with Crippen LogP contribution in [0.15, 0.2) is 41.0 Å². The number of nitrogens with zero attached hydrogens (tertiary/aromatic N) is 2. The van der Waals surface area contributed by atoms with E-state index in [1.165, 1.54) is 29.4 Å². The lowest BCUT2D eigenvalue weighted by molar-refractivity contribution is -0.136. The first kappa shape index (κ1) is 15.3. The third kappa shape index (κ3) is 2.95. The minimum Gasteiger partial charge on any atom is -0.480 e. The number of halogens is 1. The summed E-state index contributed by atoms with van der Waals surface area (Å²) in [7, 11) is 0. The molecule has 0 saturated carbocycles. The smallest absolute Gasteiger partial charge is 0.316 e. The minimum absolute atomic E-state index is 0.573. The molecule has 0 aliphatic carbocycles. The molecule has 0 aliphatic heterocycles. The van der Waals surface area contributed by atoms with E-state index < -0.39 is 11.2 Å². The topological polar surface area (TPSA) is 63.1 Å². The maximum Gasteiger partial charge on any atom is 0.316 e. The molecule has 0 radical (unpaired) electrons. The molecule has 112 valence electrons. The number of hydrogen-bond donors (Lipinski definition) is 1. The zero-order valence-electron chi connectivity index (χ0n) is 11.5. The van der Waals surface area contributed by atoms with Crippen molar-refractivity contribution in [2.45, 2.75) is 17.2 Å². The highest BCUT2D eigenvalue weighted by molar-refractivity contribution is 8.00. The van der Waals surface area contributed by atoms with Crippen LogP contribution in [0.4, 0.5) is 0 Å².